The van der Waals surface area contributed by atoms with Gasteiger partial charge in [0.25, 0.3) is 0 Å². The fourth-order valence-corrected chi connectivity index (χ4v) is 3.28. The molecule has 2 rings (SSSR count). The molecule has 1 aliphatic carbocycles. The van der Waals surface area contributed by atoms with E-state index in [-0.39, 0.29) is 6.03 Å². The van der Waals surface area contributed by atoms with Crippen molar-refractivity contribution in [1.82, 2.24) is 15.1 Å². The average molecular weight is 267 g/mol. The monoisotopic (exact) mass is 267 g/mol. The summed E-state index contributed by atoms with van der Waals surface area (Å²) in [6.07, 6.45) is 7.31. The molecule has 4 heteroatoms. The van der Waals surface area contributed by atoms with Crippen LogP contribution in [0.4, 0.5) is 4.79 Å². The van der Waals surface area contributed by atoms with Crippen LogP contribution < -0.4 is 5.32 Å². The molecule has 1 N–H and O–H groups in total. The SMILES string of the molecule is CC(C)N1CCC(NC(=O)N(C)C2CCCCC2)C1. The largest absolute Gasteiger partial charge is 0.334 e. The first-order valence-corrected chi connectivity index (χ1v) is 7.85. The highest BCUT2D eigenvalue weighted by Crippen LogP contribution is 2.22. The second-order valence-electron chi connectivity index (χ2n) is 6.43. The van der Waals surface area contributed by atoms with Crippen LogP contribution in [-0.4, -0.2) is 54.1 Å². The minimum Gasteiger partial charge on any atom is -0.334 e. The maximum Gasteiger partial charge on any atom is 0.317 e. The molecule has 0 aromatic heterocycles. The fourth-order valence-electron chi connectivity index (χ4n) is 3.28. The first-order chi connectivity index (χ1) is 9.08. The minimum atomic E-state index is 0.127. The topological polar surface area (TPSA) is 35.6 Å². The number of nitrogens with one attached hydrogen (secondary N) is 1. The number of amides is 2. The lowest BCUT2D eigenvalue weighted by molar-refractivity contribution is 0.169. The van der Waals surface area contributed by atoms with E-state index < -0.39 is 0 Å². The van der Waals surface area contributed by atoms with Gasteiger partial charge >= 0.3 is 6.03 Å². The van der Waals surface area contributed by atoms with Gasteiger partial charge in [0.1, 0.15) is 0 Å². The number of hydrogen-bond donors (Lipinski definition) is 1. The second-order valence-corrected chi connectivity index (χ2v) is 6.43. The van der Waals surface area contributed by atoms with E-state index in [9.17, 15) is 4.79 Å². The summed E-state index contributed by atoms with van der Waals surface area (Å²) in [5.74, 6) is 0. The van der Waals surface area contributed by atoms with Crippen molar-refractivity contribution in [3.63, 3.8) is 0 Å². The molecule has 19 heavy (non-hydrogen) atoms. The van der Waals surface area contributed by atoms with Crippen molar-refractivity contribution in [2.45, 2.75) is 70.5 Å². The van der Waals surface area contributed by atoms with Crippen LogP contribution in [0.3, 0.4) is 0 Å². The van der Waals surface area contributed by atoms with Gasteiger partial charge < -0.3 is 10.2 Å². The number of carbonyl (C=O) groups excluding carboxylic acids is 1. The lowest BCUT2D eigenvalue weighted by atomic mass is 9.95. The van der Waals surface area contributed by atoms with Gasteiger partial charge in [-0.3, -0.25) is 4.90 Å². The number of nitrogens with zero attached hydrogens (tertiary/aromatic N) is 2. The van der Waals surface area contributed by atoms with Crippen LogP contribution in [0.1, 0.15) is 52.4 Å². The highest BCUT2D eigenvalue weighted by atomic mass is 16.2. The van der Waals surface area contributed by atoms with Crippen molar-refractivity contribution in [1.29, 1.82) is 0 Å². The van der Waals surface area contributed by atoms with Crippen LogP contribution in [0.25, 0.3) is 0 Å². The smallest absolute Gasteiger partial charge is 0.317 e. The quantitative estimate of drug-likeness (QED) is 0.852. The van der Waals surface area contributed by atoms with Gasteiger partial charge in [0, 0.05) is 38.3 Å². The van der Waals surface area contributed by atoms with Crippen LogP contribution in [-0.2, 0) is 0 Å². The Hall–Kier alpha value is -0.770. The summed E-state index contributed by atoms with van der Waals surface area (Å²) in [7, 11) is 1.96. The molecule has 1 atom stereocenters. The minimum absolute atomic E-state index is 0.127. The van der Waals surface area contributed by atoms with Gasteiger partial charge in [-0.05, 0) is 33.1 Å². The predicted octanol–water partition coefficient (Wildman–Crippen LogP) is 2.44. The zero-order valence-electron chi connectivity index (χ0n) is 12.7. The molecule has 0 radical (unpaired) electrons. The Bertz CT molecular complexity index is 300. The van der Waals surface area contributed by atoms with Gasteiger partial charge in [0.05, 0.1) is 0 Å². The number of rotatable bonds is 3. The van der Waals surface area contributed by atoms with Crippen LogP contribution in [0.5, 0.6) is 0 Å². The normalized spacial score (nSPS) is 25.8. The molecular formula is C15H29N3O. The molecule has 1 unspecified atom stereocenters. The van der Waals surface area contributed by atoms with E-state index in [4.69, 9.17) is 0 Å². The van der Waals surface area contributed by atoms with Gasteiger partial charge in [-0.25, -0.2) is 4.79 Å². The molecule has 110 valence electrons. The van der Waals surface area contributed by atoms with Crippen LogP contribution in [0, 0.1) is 0 Å². The molecule has 0 aromatic rings. The molecule has 1 aliphatic heterocycles. The van der Waals surface area contributed by atoms with E-state index in [2.05, 4.69) is 24.1 Å². The van der Waals surface area contributed by atoms with E-state index in [0.29, 0.717) is 18.1 Å². The van der Waals surface area contributed by atoms with Crippen LogP contribution in [0.15, 0.2) is 0 Å². The molecule has 0 aromatic carbocycles. The Labute approximate surface area is 117 Å². The standard InChI is InChI=1S/C15H29N3O/c1-12(2)18-10-9-13(11-18)16-15(19)17(3)14-7-5-4-6-8-14/h12-14H,4-11H2,1-3H3,(H,16,19). The van der Waals surface area contributed by atoms with E-state index >= 15 is 0 Å². The Balaban J connectivity index is 1.77. The third-order valence-corrected chi connectivity index (χ3v) is 4.72. The van der Waals surface area contributed by atoms with Crippen LogP contribution >= 0.6 is 0 Å². The summed E-state index contributed by atoms with van der Waals surface area (Å²) < 4.78 is 0. The number of urea groups is 1. The number of likely N-dealkylation sites (tertiary alicyclic amines) is 1. The van der Waals surface area contributed by atoms with Crippen molar-refractivity contribution < 1.29 is 4.79 Å². The lowest BCUT2D eigenvalue weighted by Crippen LogP contribution is -2.48. The molecule has 1 saturated heterocycles. The van der Waals surface area contributed by atoms with Crippen molar-refractivity contribution in [2.75, 3.05) is 20.1 Å². The van der Waals surface area contributed by atoms with Gasteiger partial charge in [0.15, 0.2) is 0 Å². The summed E-state index contributed by atoms with van der Waals surface area (Å²) in [4.78, 5) is 16.6. The van der Waals surface area contributed by atoms with Gasteiger partial charge in [0.2, 0.25) is 0 Å². The van der Waals surface area contributed by atoms with E-state index in [1.165, 1.54) is 32.1 Å². The maximum atomic E-state index is 12.3. The summed E-state index contributed by atoms with van der Waals surface area (Å²) in [6, 6.07) is 1.50. The summed E-state index contributed by atoms with van der Waals surface area (Å²) in [6.45, 7) is 6.55. The molecule has 1 heterocycles. The van der Waals surface area contributed by atoms with Gasteiger partial charge in [-0.1, -0.05) is 19.3 Å². The highest BCUT2D eigenvalue weighted by molar-refractivity contribution is 5.74. The van der Waals surface area contributed by atoms with Crippen molar-refractivity contribution in [3.8, 4) is 0 Å². The number of hydrogen-bond acceptors (Lipinski definition) is 2. The van der Waals surface area contributed by atoms with E-state index in [1.807, 2.05) is 11.9 Å². The molecule has 2 fully saturated rings. The van der Waals surface area contributed by atoms with Crippen LogP contribution in [0.2, 0.25) is 0 Å². The highest BCUT2D eigenvalue weighted by Gasteiger charge is 2.28. The maximum absolute atomic E-state index is 12.3. The van der Waals surface area contributed by atoms with E-state index in [1.54, 1.807) is 0 Å². The molecule has 4 nitrogen and oxygen atoms in total. The summed E-state index contributed by atoms with van der Waals surface area (Å²) >= 11 is 0. The molecule has 2 amide bonds. The first kappa shape index (κ1) is 14.6. The third-order valence-electron chi connectivity index (χ3n) is 4.72. The first-order valence-electron chi connectivity index (χ1n) is 7.85. The predicted molar refractivity (Wildman–Crippen MR) is 78.3 cm³/mol. The molecular weight excluding hydrogens is 238 g/mol. The fraction of sp³-hybridized carbons (Fsp3) is 0.933. The Morgan fingerprint density at radius 3 is 2.47 bits per heavy atom. The molecule has 0 bridgehead atoms. The van der Waals surface area contributed by atoms with Gasteiger partial charge in [-0.2, -0.15) is 0 Å². The summed E-state index contributed by atoms with van der Waals surface area (Å²) in [5.41, 5.74) is 0. The van der Waals surface area contributed by atoms with E-state index in [0.717, 1.165) is 19.5 Å². The lowest BCUT2D eigenvalue weighted by Gasteiger charge is -2.32. The zero-order valence-corrected chi connectivity index (χ0v) is 12.7. The second kappa shape index (κ2) is 6.60. The van der Waals surface area contributed by atoms with Gasteiger partial charge in [-0.15, -0.1) is 0 Å². The van der Waals surface area contributed by atoms with Crippen molar-refractivity contribution >= 4 is 6.03 Å². The Morgan fingerprint density at radius 1 is 1.21 bits per heavy atom. The molecule has 2 aliphatic rings. The summed E-state index contributed by atoms with van der Waals surface area (Å²) in [5, 5.41) is 3.21. The zero-order chi connectivity index (χ0) is 13.8. The Morgan fingerprint density at radius 2 is 1.89 bits per heavy atom. The molecule has 0 spiro atoms. The van der Waals surface area contributed by atoms with Crippen molar-refractivity contribution in [3.05, 3.63) is 0 Å². The van der Waals surface area contributed by atoms with Crippen molar-refractivity contribution in [2.24, 2.45) is 0 Å². The Kier molecular flexibility index (Phi) is 5.08. The molecule has 1 saturated carbocycles. The third kappa shape index (κ3) is 3.85. The number of carbonyl (C=O) groups is 1. The average Bonchev–Trinajstić information content (AvgIpc) is 2.87.